The minimum Gasteiger partial charge on any atom is -0.383 e. The van der Waals surface area contributed by atoms with Gasteiger partial charge < -0.3 is 5.73 Å². The van der Waals surface area contributed by atoms with Crippen LogP contribution in [0, 0.1) is 0 Å². The highest BCUT2D eigenvalue weighted by Gasteiger charge is 2.00. The monoisotopic (exact) mass is 308 g/mol. The third-order valence-electron chi connectivity index (χ3n) is 2.22. The number of aliphatic imine (C=N–C) groups is 1. The summed E-state index contributed by atoms with van der Waals surface area (Å²) in [6.07, 6.45) is 0. The predicted molar refractivity (Wildman–Crippen MR) is 76.0 cm³/mol. The normalized spacial score (nSPS) is 11.5. The molecule has 0 fully saturated rings. The van der Waals surface area contributed by atoms with Crippen LogP contribution in [0.2, 0.25) is 5.02 Å². The van der Waals surface area contributed by atoms with Crippen molar-refractivity contribution in [1.29, 1.82) is 0 Å². The summed E-state index contributed by atoms with van der Waals surface area (Å²) in [6, 6.07) is 15.1. The van der Waals surface area contributed by atoms with Crippen molar-refractivity contribution in [2.24, 2.45) is 10.7 Å². The van der Waals surface area contributed by atoms with Gasteiger partial charge in [0.2, 0.25) is 0 Å². The fourth-order valence-corrected chi connectivity index (χ4v) is 1.79. The Morgan fingerprint density at radius 2 is 1.82 bits per heavy atom. The predicted octanol–water partition coefficient (Wildman–Crippen LogP) is 4.14. The van der Waals surface area contributed by atoms with Crippen LogP contribution in [0.5, 0.6) is 0 Å². The van der Waals surface area contributed by atoms with Crippen LogP contribution >= 0.6 is 27.5 Å². The molecule has 2 aromatic rings. The van der Waals surface area contributed by atoms with Crippen LogP contribution in [-0.2, 0) is 0 Å². The molecule has 0 heterocycles. The van der Waals surface area contributed by atoms with Crippen LogP contribution in [0.15, 0.2) is 58.0 Å². The van der Waals surface area contributed by atoms with Crippen molar-refractivity contribution >= 4 is 39.1 Å². The SMILES string of the molecule is NC(=Nc1ccc(Br)c(Cl)c1)c1ccccc1. The fraction of sp³-hybridized carbons (Fsp3) is 0. The number of rotatable bonds is 2. The van der Waals surface area contributed by atoms with E-state index in [1.165, 1.54) is 0 Å². The Morgan fingerprint density at radius 3 is 2.47 bits per heavy atom. The summed E-state index contributed by atoms with van der Waals surface area (Å²) in [5.41, 5.74) is 7.54. The van der Waals surface area contributed by atoms with Gasteiger partial charge in [-0.05, 0) is 34.1 Å². The molecule has 17 heavy (non-hydrogen) atoms. The van der Waals surface area contributed by atoms with E-state index in [0.29, 0.717) is 10.9 Å². The minimum absolute atomic E-state index is 0.476. The third kappa shape index (κ3) is 3.08. The Bertz CT molecular complexity index is 553. The first kappa shape index (κ1) is 12.1. The second kappa shape index (κ2) is 5.34. The Balaban J connectivity index is 2.33. The molecule has 0 unspecified atom stereocenters. The van der Waals surface area contributed by atoms with Gasteiger partial charge in [-0.1, -0.05) is 41.9 Å². The number of hydrogen-bond acceptors (Lipinski definition) is 1. The molecule has 2 rings (SSSR count). The second-order valence-corrected chi connectivity index (χ2v) is 4.72. The molecule has 0 saturated carbocycles. The van der Waals surface area contributed by atoms with Crippen molar-refractivity contribution in [3.8, 4) is 0 Å². The van der Waals surface area contributed by atoms with E-state index in [4.69, 9.17) is 17.3 Å². The van der Waals surface area contributed by atoms with Crippen LogP contribution in [0.1, 0.15) is 5.56 Å². The minimum atomic E-state index is 0.476. The molecular formula is C13H10BrClN2. The zero-order valence-electron chi connectivity index (χ0n) is 8.90. The van der Waals surface area contributed by atoms with Gasteiger partial charge >= 0.3 is 0 Å². The van der Waals surface area contributed by atoms with E-state index in [9.17, 15) is 0 Å². The maximum absolute atomic E-state index is 5.99. The van der Waals surface area contributed by atoms with Crippen LogP contribution in [0.3, 0.4) is 0 Å². The summed E-state index contributed by atoms with van der Waals surface area (Å²) >= 11 is 9.32. The molecule has 0 spiro atoms. The summed E-state index contributed by atoms with van der Waals surface area (Å²) in [5.74, 6) is 0.476. The van der Waals surface area contributed by atoms with E-state index in [0.717, 1.165) is 15.7 Å². The lowest BCUT2D eigenvalue weighted by Gasteiger charge is -2.02. The van der Waals surface area contributed by atoms with E-state index in [1.807, 2.05) is 42.5 Å². The zero-order chi connectivity index (χ0) is 12.3. The van der Waals surface area contributed by atoms with E-state index in [1.54, 1.807) is 6.07 Å². The maximum atomic E-state index is 5.99. The van der Waals surface area contributed by atoms with Crippen LogP contribution in [0.25, 0.3) is 0 Å². The van der Waals surface area contributed by atoms with Crippen molar-refractivity contribution in [1.82, 2.24) is 0 Å². The van der Waals surface area contributed by atoms with Crippen LogP contribution < -0.4 is 5.73 Å². The Morgan fingerprint density at radius 1 is 1.12 bits per heavy atom. The van der Waals surface area contributed by atoms with E-state index in [2.05, 4.69) is 20.9 Å². The van der Waals surface area contributed by atoms with Crippen molar-refractivity contribution in [3.63, 3.8) is 0 Å². The average Bonchev–Trinajstić information content (AvgIpc) is 2.35. The smallest absolute Gasteiger partial charge is 0.131 e. The first-order valence-corrected chi connectivity index (χ1v) is 6.18. The number of amidine groups is 1. The molecule has 86 valence electrons. The Labute approximate surface area is 113 Å². The van der Waals surface area contributed by atoms with Crippen LogP contribution in [0.4, 0.5) is 5.69 Å². The molecule has 0 aliphatic carbocycles. The molecule has 0 atom stereocenters. The van der Waals surface area contributed by atoms with E-state index < -0.39 is 0 Å². The summed E-state index contributed by atoms with van der Waals surface area (Å²) in [7, 11) is 0. The molecule has 0 saturated heterocycles. The molecule has 4 heteroatoms. The highest BCUT2D eigenvalue weighted by molar-refractivity contribution is 9.10. The number of nitrogens with two attached hydrogens (primary N) is 1. The summed E-state index contributed by atoms with van der Waals surface area (Å²) in [5, 5.41) is 0.618. The molecule has 0 radical (unpaired) electrons. The number of halogens is 2. The topological polar surface area (TPSA) is 38.4 Å². The Hall–Kier alpha value is -1.32. The van der Waals surface area contributed by atoms with Gasteiger partial charge in [0.15, 0.2) is 0 Å². The molecule has 0 bridgehead atoms. The van der Waals surface area contributed by atoms with E-state index in [-0.39, 0.29) is 0 Å². The highest BCUT2D eigenvalue weighted by Crippen LogP contribution is 2.27. The first-order valence-electron chi connectivity index (χ1n) is 5.01. The summed E-state index contributed by atoms with van der Waals surface area (Å²) < 4.78 is 0.844. The van der Waals surface area contributed by atoms with Crippen molar-refractivity contribution < 1.29 is 0 Å². The van der Waals surface area contributed by atoms with E-state index >= 15 is 0 Å². The molecule has 0 aromatic heterocycles. The summed E-state index contributed by atoms with van der Waals surface area (Å²) in [4.78, 5) is 4.32. The van der Waals surface area contributed by atoms with Gasteiger partial charge in [-0.3, -0.25) is 0 Å². The van der Waals surface area contributed by atoms with Gasteiger partial charge in [-0.15, -0.1) is 0 Å². The fourth-order valence-electron chi connectivity index (χ4n) is 1.37. The van der Waals surface area contributed by atoms with Crippen LogP contribution in [-0.4, -0.2) is 5.84 Å². The number of benzene rings is 2. The largest absolute Gasteiger partial charge is 0.383 e. The van der Waals surface area contributed by atoms with Gasteiger partial charge in [0.25, 0.3) is 0 Å². The van der Waals surface area contributed by atoms with Gasteiger partial charge in [-0.25, -0.2) is 4.99 Å². The zero-order valence-corrected chi connectivity index (χ0v) is 11.2. The highest BCUT2D eigenvalue weighted by atomic mass is 79.9. The first-order chi connectivity index (χ1) is 8.16. The third-order valence-corrected chi connectivity index (χ3v) is 3.45. The average molecular weight is 310 g/mol. The molecule has 0 aliphatic rings. The second-order valence-electron chi connectivity index (χ2n) is 3.46. The van der Waals surface area contributed by atoms with Gasteiger partial charge in [0.05, 0.1) is 10.7 Å². The maximum Gasteiger partial charge on any atom is 0.131 e. The van der Waals surface area contributed by atoms with Crippen molar-refractivity contribution in [2.75, 3.05) is 0 Å². The lowest BCUT2D eigenvalue weighted by molar-refractivity contribution is 1.44. The molecule has 0 aliphatic heterocycles. The quantitative estimate of drug-likeness (QED) is 0.657. The molecule has 0 amide bonds. The lowest BCUT2D eigenvalue weighted by Crippen LogP contribution is -2.12. The molecule has 2 N–H and O–H groups in total. The van der Waals surface area contributed by atoms with Gasteiger partial charge in [-0.2, -0.15) is 0 Å². The number of nitrogens with zero attached hydrogens (tertiary/aromatic N) is 1. The summed E-state index contributed by atoms with van der Waals surface area (Å²) in [6.45, 7) is 0. The van der Waals surface area contributed by atoms with Crippen molar-refractivity contribution in [3.05, 3.63) is 63.6 Å². The lowest BCUT2D eigenvalue weighted by atomic mass is 10.2. The van der Waals surface area contributed by atoms with Gasteiger partial charge in [0.1, 0.15) is 5.84 Å². The standard InChI is InChI=1S/C13H10BrClN2/c14-11-7-6-10(8-12(11)15)17-13(16)9-4-2-1-3-5-9/h1-8H,(H2,16,17). The molecular weight excluding hydrogens is 300 g/mol. The Kier molecular flexibility index (Phi) is 3.82. The number of hydrogen-bond donors (Lipinski definition) is 1. The molecule has 2 aromatic carbocycles. The van der Waals surface area contributed by atoms with Crippen molar-refractivity contribution in [2.45, 2.75) is 0 Å². The molecule has 2 nitrogen and oxygen atoms in total. The van der Waals surface area contributed by atoms with Gasteiger partial charge in [0, 0.05) is 10.0 Å².